The molecule has 1 N–H and O–H groups in total. The number of amides is 2. The number of likely N-dealkylation sites (tertiary alicyclic amines) is 1. The Kier molecular flexibility index (Phi) is 4.96. The van der Waals surface area contributed by atoms with Gasteiger partial charge >= 0.3 is 6.03 Å². The highest BCUT2D eigenvalue weighted by Gasteiger charge is 2.36. The highest BCUT2D eigenvalue weighted by atomic mass is 16.2. The van der Waals surface area contributed by atoms with Crippen LogP contribution in [0.4, 0.5) is 4.79 Å². The number of aromatic nitrogens is 2. The Morgan fingerprint density at radius 2 is 1.92 bits per heavy atom. The van der Waals surface area contributed by atoms with Crippen LogP contribution in [-0.2, 0) is 0 Å². The van der Waals surface area contributed by atoms with E-state index in [4.69, 9.17) is 0 Å². The molecule has 2 aliphatic rings. The van der Waals surface area contributed by atoms with Gasteiger partial charge in [0.25, 0.3) is 0 Å². The monoisotopic (exact) mass is 352 g/mol. The number of hydrogen-bond donors (Lipinski definition) is 1. The van der Waals surface area contributed by atoms with Crippen molar-refractivity contribution in [2.45, 2.75) is 57.5 Å². The van der Waals surface area contributed by atoms with Gasteiger partial charge in [0.2, 0.25) is 0 Å². The maximum absolute atomic E-state index is 12.9. The van der Waals surface area contributed by atoms with Gasteiger partial charge < -0.3 is 14.8 Å². The summed E-state index contributed by atoms with van der Waals surface area (Å²) in [5.74, 6) is 0.716. The molecule has 2 heterocycles. The quantitative estimate of drug-likeness (QED) is 0.892. The molecule has 0 bridgehead atoms. The molecule has 0 unspecified atom stereocenters. The smallest absolute Gasteiger partial charge is 0.318 e. The lowest BCUT2D eigenvalue weighted by Gasteiger charge is -2.30. The molecule has 1 aliphatic heterocycles. The average Bonchev–Trinajstić information content (AvgIpc) is 3.43. The summed E-state index contributed by atoms with van der Waals surface area (Å²) in [4.78, 5) is 19.0. The van der Waals surface area contributed by atoms with E-state index in [-0.39, 0.29) is 12.1 Å². The van der Waals surface area contributed by atoms with Gasteiger partial charge in [0.05, 0.1) is 12.4 Å². The molecular formula is C21H28N4O. The van der Waals surface area contributed by atoms with Gasteiger partial charge in [-0.2, -0.15) is 0 Å². The van der Waals surface area contributed by atoms with Crippen molar-refractivity contribution in [2.24, 2.45) is 5.92 Å². The Labute approximate surface area is 155 Å². The molecule has 26 heavy (non-hydrogen) atoms. The van der Waals surface area contributed by atoms with Crippen molar-refractivity contribution in [2.75, 3.05) is 6.54 Å². The minimum atomic E-state index is 0.00386. The van der Waals surface area contributed by atoms with Crippen LogP contribution in [0.1, 0.15) is 57.1 Å². The van der Waals surface area contributed by atoms with Crippen LogP contribution in [0, 0.1) is 5.92 Å². The molecule has 2 amide bonds. The summed E-state index contributed by atoms with van der Waals surface area (Å²) in [6, 6.07) is 8.86. The summed E-state index contributed by atoms with van der Waals surface area (Å²) in [7, 11) is 0. The number of rotatable bonds is 4. The highest BCUT2D eigenvalue weighted by Crippen LogP contribution is 2.35. The largest absolute Gasteiger partial charge is 0.331 e. The molecule has 2 aromatic rings. The first-order valence-corrected chi connectivity index (χ1v) is 9.88. The Balaban J connectivity index is 1.39. The van der Waals surface area contributed by atoms with E-state index in [0.717, 1.165) is 24.2 Å². The molecule has 1 saturated carbocycles. The Bertz CT molecular complexity index is 719. The molecule has 5 heteroatoms. The van der Waals surface area contributed by atoms with Gasteiger partial charge in [-0.1, -0.05) is 25.0 Å². The second-order valence-electron chi connectivity index (χ2n) is 7.68. The molecule has 1 aromatic heterocycles. The number of carbonyl (C=O) groups is 1. The van der Waals surface area contributed by atoms with Crippen molar-refractivity contribution in [1.29, 1.82) is 0 Å². The molecule has 0 radical (unpaired) electrons. The number of urea groups is 1. The van der Waals surface area contributed by atoms with Crippen LogP contribution in [0.2, 0.25) is 0 Å². The average molecular weight is 352 g/mol. The Morgan fingerprint density at radius 3 is 2.62 bits per heavy atom. The lowest BCUT2D eigenvalue weighted by molar-refractivity contribution is 0.170. The summed E-state index contributed by atoms with van der Waals surface area (Å²) in [5.41, 5.74) is 2.20. The fourth-order valence-electron chi connectivity index (χ4n) is 4.58. The fourth-order valence-corrected chi connectivity index (χ4v) is 4.58. The molecular weight excluding hydrogens is 324 g/mol. The first kappa shape index (κ1) is 17.1. The van der Waals surface area contributed by atoms with Gasteiger partial charge in [-0.3, -0.25) is 0 Å². The Morgan fingerprint density at radius 1 is 1.15 bits per heavy atom. The van der Waals surface area contributed by atoms with E-state index in [0.29, 0.717) is 12.0 Å². The summed E-state index contributed by atoms with van der Waals surface area (Å²) in [6.45, 7) is 2.96. The predicted octanol–water partition coefficient (Wildman–Crippen LogP) is 4.30. The molecule has 2 atom stereocenters. The van der Waals surface area contributed by atoms with E-state index < -0.39 is 0 Å². The van der Waals surface area contributed by atoms with E-state index in [9.17, 15) is 4.79 Å². The van der Waals surface area contributed by atoms with Crippen LogP contribution in [0.15, 0.2) is 43.0 Å². The second-order valence-corrected chi connectivity index (χ2v) is 7.68. The summed E-state index contributed by atoms with van der Waals surface area (Å²) >= 11 is 0. The topological polar surface area (TPSA) is 50.2 Å². The van der Waals surface area contributed by atoms with E-state index in [1.54, 1.807) is 12.5 Å². The van der Waals surface area contributed by atoms with Gasteiger partial charge in [0, 0.05) is 30.7 Å². The van der Waals surface area contributed by atoms with Crippen LogP contribution in [0.3, 0.4) is 0 Å². The van der Waals surface area contributed by atoms with Crippen LogP contribution >= 0.6 is 0 Å². The van der Waals surface area contributed by atoms with Gasteiger partial charge in [-0.25, -0.2) is 9.78 Å². The minimum absolute atomic E-state index is 0.00386. The molecule has 1 aromatic carbocycles. The van der Waals surface area contributed by atoms with Gasteiger partial charge in [-0.15, -0.1) is 0 Å². The van der Waals surface area contributed by atoms with Gasteiger partial charge in [0.1, 0.15) is 0 Å². The van der Waals surface area contributed by atoms with Crippen LogP contribution in [-0.4, -0.2) is 33.1 Å². The van der Waals surface area contributed by atoms with Crippen LogP contribution < -0.4 is 5.32 Å². The number of imidazole rings is 1. The van der Waals surface area contributed by atoms with E-state index in [2.05, 4.69) is 46.4 Å². The lowest BCUT2D eigenvalue weighted by atomic mass is 9.96. The standard InChI is InChI=1S/C21H28N4O/c1-16(17-8-10-19(11-9-17)24-14-12-22-15-24)23-21(26)25-13-4-7-20(25)18-5-2-3-6-18/h8-12,14-16,18,20H,2-7,13H2,1H3,(H,23,26)/t16-,20+/m0/s1. The van der Waals surface area contributed by atoms with E-state index in [1.165, 1.54) is 32.1 Å². The number of benzene rings is 1. The molecule has 5 nitrogen and oxygen atoms in total. The zero-order chi connectivity index (χ0) is 17.9. The van der Waals surface area contributed by atoms with Gasteiger partial charge in [0.15, 0.2) is 0 Å². The van der Waals surface area contributed by atoms with Crippen molar-refractivity contribution in [3.05, 3.63) is 48.5 Å². The number of nitrogens with zero attached hydrogens (tertiary/aromatic N) is 3. The molecule has 4 rings (SSSR count). The molecule has 0 spiro atoms. The summed E-state index contributed by atoms with van der Waals surface area (Å²) in [5, 5.41) is 3.21. The van der Waals surface area contributed by atoms with Crippen molar-refractivity contribution >= 4 is 6.03 Å². The molecule has 138 valence electrons. The van der Waals surface area contributed by atoms with Crippen molar-refractivity contribution in [3.63, 3.8) is 0 Å². The number of nitrogens with one attached hydrogen (secondary N) is 1. The lowest BCUT2D eigenvalue weighted by Crippen LogP contribution is -2.45. The second kappa shape index (κ2) is 7.52. The number of carbonyl (C=O) groups excluding carboxylic acids is 1. The maximum atomic E-state index is 12.9. The summed E-state index contributed by atoms with van der Waals surface area (Å²) in [6.07, 6.45) is 13.0. The van der Waals surface area contributed by atoms with Crippen LogP contribution in [0.25, 0.3) is 5.69 Å². The minimum Gasteiger partial charge on any atom is -0.331 e. The third-order valence-electron chi connectivity index (χ3n) is 6.04. The third-order valence-corrected chi connectivity index (χ3v) is 6.04. The van der Waals surface area contributed by atoms with Crippen molar-refractivity contribution in [1.82, 2.24) is 19.8 Å². The van der Waals surface area contributed by atoms with Crippen molar-refractivity contribution in [3.8, 4) is 5.69 Å². The first-order chi connectivity index (χ1) is 12.7. The van der Waals surface area contributed by atoms with Crippen molar-refractivity contribution < 1.29 is 4.79 Å². The molecule has 1 saturated heterocycles. The number of hydrogen-bond acceptors (Lipinski definition) is 2. The zero-order valence-corrected chi connectivity index (χ0v) is 15.5. The maximum Gasteiger partial charge on any atom is 0.318 e. The van der Waals surface area contributed by atoms with Crippen LogP contribution in [0.5, 0.6) is 0 Å². The zero-order valence-electron chi connectivity index (χ0n) is 15.5. The molecule has 1 aliphatic carbocycles. The normalized spacial score (nSPS) is 21.9. The van der Waals surface area contributed by atoms with E-state index in [1.807, 2.05) is 10.8 Å². The SMILES string of the molecule is C[C@H](NC(=O)N1CCC[C@@H]1C1CCCC1)c1ccc(-n2ccnc2)cc1. The fraction of sp³-hybridized carbons (Fsp3) is 0.524. The predicted molar refractivity (Wildman–Crippen MR) is 102 cm³/mol. The molecule has 2 fully saturated rings. The van der Waals surface area contributed by atoms with Gasteiger partial charge in [-0.05, 0) is 56.2 Å². The Hall–Kier alpha value is -2.30. The third kappa shape index (κ3) is 3.48. The first-order valence-electron chi connectivity index (χ1n) is 9.88. The summed E-state index contributed by atoms with van der Waals surface area (Å²) < 4.78 is 1.98. The highest BCUT2D eigenvalue weighted by molar-refractivity contribution is 5.75. The van der Waals surface area contributed by atoms with E-state index >= 15 is 0 Å².